The molecule has 1 aromatic carbocycles. The van der Waals surface area contributed by atoms with Gasteiger partial charge in [-0.2, -0.15) is 4.39 Å². The van der Waals surface area contributed by atoms with Crippen molar-refractivity contribution in [1.29, 1.82) is 0 Å². The minimum atomic E-state index is -4.09. The van der Waals surface area contributed by atoms with Crippen LogP contribution in [0.4, 0.5) is 4.39 Å². The quantitative estimate of drug-likeness (QED) is 0.718. The highest BCUT2D eigenvalue weighted by molar-refractivity contribution is 7.68. The van der Waals surface area contributed by atoms with E-state index in [2.05, 4.69) is 0 Å². The van der Waals surface area contributed by atoms with E-state index in [0.717, 1.165) is 37.7 Å². The third-order valence-corrected chi connectivity index (χ3v) is 5.70. The molecular formula is C16H21FO4P+. The fourth-order valence-electron chi connectivity index (χ4n) is 2.77. The molecule has 0 bridgehead atoms. The topological polar surface area (TPSA) is 77.8 Å². The average Bonchev–Trinajstić information content (AvgIpc) is 2.48. The molecule has 6 heteroatoms. The van der Waals surface area contributed by atoms with Gasteiger partial charge in [0.05, 0.1) is 0 Å². The second-order valence-corrected chi connectivity index (χ2v) is 7.80. The summed E-state index contributed by atoms with van der Waals surface area (Å²) in [5.41, 5.74) is 1.06. The molecule has 0 radical (unpaired) electrons. The standard InChI is InChI=1S/C16H20FO4P/c17-15(14(16(18)19)13-9-5-2-6-10-13)22(20,21)11-12-7-3-1-4-8-12/h2,5-6,9-11,14-15,20-21H,1,3-4,7-8H2/p+1. The van der Waals surface area contributed by atoms with E-state index in [1.54, 1.807) is 18.2 Å². The summed E-state index contributed by atoms with van der Waals surface area (Å²) in [5.74, 6) is -4.00. The lowest BCUT2D eigenvalue weighted by Gasteiger charge is -2.21. The van der Waals surface area contributed by atoms with Crippen LogP contribution in [0.25, 0.3) is 0 Å². The molecule has 2 rings (SSSR count). The molecule has 120 valence electrons. The molecule has 2 atom stereocenters. The van der Waals surface area contributed by atoms with E-state index < -0.39 is 25.5 Å². The van der Waals surface area contributed by atoms with Gasteiger partial charge in [-0.25, -0.2) is 9.79 Å². The summed E-state index contributed by atoms with van der Waals surface area (Å²) in [6, 6.07) is 7.87. The number of carboxylic acid groups (broad SMARTS) is 1. The second kappa shape index (κ2) is 7.32. The van der Waals surface area contributed by atoms with Crippen molar-refractivity contribution in [3.05, 3.63) is 47.3 Å². The molecule has 3 N–H and O–H groups in total. The monoisotopic (exact) mass is 327 g/mol. The van der Waals surface area contributed by atoms with E-state index in [1.807, 2.05) is 0 Å². The summed E-state index contributed by atoms with van der Waals surface area (Å²) < 4.78 is 14.7. The lowest BCUT2D eigenvalue weighted by molar-refractivity contribution is -0.139. The maximum Gasteiger partial charge on any atom is 0.328 e. The molecular weight excluding hydrogens is 306 g/mol. The SMILES string of the molecule is O=C(O)C(c1ccccc1)C(F)[P+](O)(O)C=C1CCCCC1. The van der Waals surface area contributed by atoms with Crippen LogP contribution >= 0.6 is 7.72 Å². The maximum atomic E-state index is 14.7. The van der Waals surface area contributed by atoms with E-state index >= 15 is 0 Å². The molecule has 0 saturated heterocycles. The number of aliphatic carboxylic acids is 1. The fourth-order valence-corrected chi connectivity index (χ4v) is 4.45. The zero-order valence-corrected chi connectivity index (χ0v) is 13.1. The minimum Gasteiger partial charge on any atom is -0.481 e. The van der Waals surface area contributed by atoms with Gasteiger partial charge < -0.3 is 5.11 Å². The predicted molar refractivity (Wildman–Crippen MR) is 84.2 cm³/mol. The summed E-state index contributed by atoms with van der Waals surface area (Å²) in [5, 5.41) is 9.30. The van der Waals surface area contributed by atoms with Gasteiger partial charge in [0, 0.05) is 0 Å². The van der Waals surface area contributed by atoms with Crippen LogP contribution in [0.3, 0.4) is 0 Å². The normalized spacial score (nSPS) is 18.6. The number of carbonyl (C=O) groups is 1. The molecule has 1 aromatic rings. The van der Waals surface area contributed by atoms with Gasteiger partial charge in [0.1, 0.15) is 5.82 Å². The highest BCUT2D eigenvalue weighted by atomic mass is 31.2. The Morgan fingerprint density at radius 2 is 1.73 bits per heavy atom. The van der Waals surface area contributed by atoms with Gasteiger partial charge in [-0.15, -0.1) is 0 Å². The molecule has 1 aliphatic rings. The van der Waals surface area contributed by atoms with Crippen molar-refractivity contribution < 1.29 is 24.1 Å². The van der Waals surface area contributed by atoms with Crippen LogP contribution in [-0.4, -0.2) is 26.8 Å². The van der Waals surface area contributed by atoms with Gasteiger partial charge in [0.15, 0.2) is 5.92 Å². The third kappa shape index (κ3) is 4.13. The lowest BCUT2D eigenvalue weighted by Crippen LogP contribution is -2.24. The van der Waals surface area contributed by atoms with Crippen LogP contribution in [0.5, 0.6) is 0 Å². The van der Waals surface area contributed by atoms with Crippen LogP contribution in [0, 0.1) is 0 Å². The Morgan fingerprint density at radius 1 is 1.14 bits per heavy atom. The van der Waals surface area contributed by atoms with Crippen molar-refractivity contribution in [2.24, 2.45) is 0 Å². The number of allylic oxidation sites excluding steroid dienone is 1. The van der Waals surface area contributed by atoms with Gasteiger partial charge in [-0.1, -0.05) is 36.8 Å². The number of halogens is 1. The molecule has 0 aliphatic heterocycles. The zero-order chi connectivity index (χ0) is 16.2. The van der Waals surface area contributed by atoms with Crippen molar-refractivity contribution >= 4 is 13.7 Å². The van der Waals surface area contributed by atoms with Gasteiger partial charge in [0.25, 0.3) is 5.91 Å². The minimum absolute atomic E-state index is 0.233. The molecule has 0 amide bonds. The third-order valence-electron chi connectivity index (χ3n) is 3.93. The second-order valence-electron chi connectivity index (χ2n) is 5.65. The van der Waals surface area contributed by atoms with E-state index in [-0.39, 0.29) is 5.56 Å². The first kappa shape index (κ1) is 17.1. The lowest BCUT2D eigenvalue weighted by atomic mass is 9.96. The first-order valence-electron chi connectivity index (χ1n) is 7.38. The summed E-state index contributed by atoms with van der Waals surface area (Å²) >= 11 is 0. The van der Waals surface area contributed by atoms with Crippen molar-refractivity contribution in [1.82, 2.24) is 0 Å². The summed E-state index contributed by atoms with van der Waals surface area (Å²) in [4.78, 5) is 31.8. The molecule has 1 saturated carbocycles. The molecule has 2 unspecified atom stereocenters. The molecule has 0 spiro atoms. The van der Waals surface area contributed by atoms with E-state index in [9.17, 15) is 24.1 Å². The van der Waals surface area contributed by atoms with Gasteiger partial charge in [-0.3, -0.25) is 4.79 Å². The summed E-state index contributed by atoms with van der Waals surface area (Å²) in [6.07, 6.45) is 4.42. The van der Waals surface area contributed by atoms with Gasteiger partial charge in [0.2, 0.25) is 0 Å². The number of hydrogen-bond donors (Lipinski definition) is 3. The average molecular weight is 327 g/mol. The Morgan fingerprint density at radius 3 is 2.27 bits per heavy atom. The highest BCUT2D eigenvalue weighted by Gasteiger charge is 2.51. The Bertz CT molecular complexity index is 536. The maximum absolute atomic E-state index is 14.7. The van der Waals surface area contributed by atoms with Crippen molar-refractivity contribution in [2.75, 3.05) is 0 Å². The van der Waals surface area contributed by atoms with Crippen LogP contribution < -0.4 is 0 Å². The number of carboxylic acids is 1. The van der Waals surface area contributed by atoms with Crippen LogP contribution in [0.2, 0.25) is 0 Å². The Labute approximate surface area is 129 Å². The van der Waals surface area contributed by atoms with Crippen LogP contribution in [0.15, 0.2) is 41.7 Å². The Hall–Kier alpha value is -1.29. The largest absolute Gasteiger partial charge is 0.481 e. The van der Waals surface area contributed by atoms with Crippen molar-refractivity contribution in [2.45, 2.75) is 43.9 Å². The first-order chi connectivity index (χ1) is 10.4. The number of benzene rings is 1. The Balaban J connectivity index is 2.25. The van der Waals surface area contributed by atoms with E-state index in [4.69, 9.17) is 0 Å². The van der Waals surface area contributed by atoms with Gasteiger partial charge in [-0.05, 0) is 36.8 Å². The highest BCUT2D eigenvalue weighted by Crippen LogP contribution is 2.62. The smallest absolute Gasteiger partial charge is 0.328 e. The van der Waals surface area contributed by atoms with Crippen molar-refractivity contribution in [3.8, 4) is 0 Å². The number of alkyl halides is 1. The Kier molecular flexibility index (Phi) is 5.68. The zero-order valence-electron chi connectivity index (χ0n) is 12.2. The fraction of sp³-hybridized carbons (Fsp3) is 0.438. The molecule has 22 heavy (non-hydrogen) atoms. The van der Waals surface area contributed by atoms with Crippen LogP contribution in [-0.2, 0) is 4.79 Å². The predicted octanol–water partition coefficient (Wildman–Crippen LogP) is 3.83. The van der Waals surface area contributed by atoms with E-state index in [0.29, 0.717) is 0 Å². The van der Waals surface area contributed by atoms with Crippen molar-refractivity contribution in [3.63, 3.8) is 0 Å². The number of rotatable bonds is 5. The first-order valence-corrected chi connectivity index (χ1v) is 9.21. The molecule has 1 aliphatic carbocycles. The summed E-state index contributed by atoms with van der Waals surface area (Å²) in [6.45, 7) is 0. The molecule has 0 aromatic heterocycles. The number of hydrogen-bond acceptors (Lipinski definition) is 3. The summed E-state index contributed by atoms with van der Waals surface area (Å²) in [7, 11) is -4.09. The molecule has 1 fully saturated rings. The van der Waals surface area contributed by atoms with Crippen LogP contribution in [0.1, 0.15) is 43.6 Å². The van der Waals surface area contributed by atoms with Gasteiger partial charge >= 0.3 is 13.7 Å². The molecule has 4 nitrogen and oxygen atoms in total. The molecule has 0 heterocycles. The van der Waals surface area contributed by atoms with E-state index in [1.165, 1.54) is 17.9 Å².